The zero-order chi connectivity index (χ0) is 28.3. The van der Waals surface area contributed by atoms with E-state index in [1.807, 2.05) is 19.9 Å². The van der Waals surface area contributed by atoms with E-state index in [9.17, 15) is 19.8 Å². The number of ether oxygens (including phenoxy) is 2. The average molecular weight is 532 g/mol. The van der Waals surface area contributed by atoms with E-state index in [0.717, 1.165) is 24.8 Å². The van der Waals surface area contributed by atoms with Crippen molar-refractivity contribution in [1.29, 1.82) is 0 Å². The first-order valence-electron chi connectivity index (χ1n) is 13.8. The van der Waals surface area contributed by atoms with E-state index in [1.54, 1.807) is 33.1 Å². The minimum atomic E-state index is -1.27. The van der Waals surface area contributed by atoms with Crippen molar-refractivity contribution < 1.29 is 33.7 Å². The maximum absolute atomic E-state index is 13.7. The molecule has 0 aliphatic carbocycles. The standard InChI is InChI=1S/C30H45NO7/c1-8-9-12-22-27(34)18(2)11-10-13-30(7)25(38-30)15-23(19(3)14-21-17-36-20(4)31-21)37-26(33)16-24(32)29(5,6)28(22)35/h8,14,17-18,22-25,27,32,34H,1,9-13,15-16H2,2-7H3/t18-,22+,23-,24-,25?,27+,30?/m0/s1. The molecule has 212 valence electrons. The summed E-state index contributed by atoms with van der Waals surface area (Å²) in [6, 6.07) is 0. The van der Waals surface area contributed by atoms with Gasteiger partial charge in [-0.1, -0.05) is 33.3 Å². The maximum Gasteiger partial charge on any atom is 0.309 e. The molecule has 0 saturated carbocycles. The molecule has 3 rings (SSSR count). The van der Waals surface area contributed by atoms with Gasteiger partial charge in [0.2, 0.25) is 0 Å². The molecule has 0 radical (unpaired) electrons. The molecule has 8 heteroatoms. The molecule has 1 aromatic rings. The first-order chi connectivity index (χ1) is 17.8. The van der Waals surface area contributed by atoms with Crippen molar-refractivity contribution in [3.05, 3.63) is 36.1 Å². The van der Waals surface area contributed by atoms with Crippen molar-refractivity contribution in [3.8, 4) is 0 Å². The van der Waals surface area contributed by atoms with Crippen molar-refractivity contribution in [2.45, 2.75) is 117 Å². The minimum absolute atomic E-state index is 0.0842. The first kappa shape index (κ1) is 30.3. The molecule has 0 amide bonds. The second-order valence-corrected chi connectivity index (χ2v) is 12.0. The van der Waals surface area contributed by atoms with Crippen LogP contribution in [0.3, 0.4) is 0 Å². The molecule has 3 heterocycles. The van der Waals surface area contributed by atoms with E-state index in [4.69, 9.17) is 13.9 Å². The normalized spacial score (nSPS) is 35.3. The number of fused-ring (bicyclic) bond motifs is 1. The summed E-state index contributed by atoms with van der Waals surface area (Å²) in [6.07, 6.45) is 5.83. The Balaban J connectivity index is 1.88. The zero-order valence-corrected chi connectivity index (χ0v) is 23.7. The largest absolute Gasteiger partial charge is 0.458 e. The summed E-state index contributed by atoms with van der Waals surface area (Å²) in [5.74, 6) is -1.08. The summed E-state index contributed by atoms with van der Waals surface area (Å²) >= 11 is 0. The monoisotopic (exact) mass is 531 g/mol. The number of allylic oxidation sites excluding steroid dienone is 1. The van der Waals surface area contributed by atoms with Gasteiger partial charge < -0.3 is 24.1 Å². The Labute approximate surface area is 226 Å². The fourth-order valence-corrected chi connectivity index (χ4v) is 5.46. The van der Waals surface area contributed by atoms with E-state index in [-0.39, 0.29) is 29.8 Å². The van der Waals surface area contributed by atoms with Gasteiger partial charge in [-0.25, -0.2) is 4.98 Å². The summed E-state index contributed by atoms with van der Waals surface area (Å²) in [7, 11) is 0. The smallest absolute Gasteiger partial charge is 0.309 e. The van der Waals surface area contributed by atoms with E-state index in [0.29, 0.717) is 30.8 Å². The molecule has 2 unspecified atom stereocenters. The van der Waals surface area contributed by atoms with Gasteiger partial charge in [0, 0.05) is 19.3 Å². The van der Waals surface area contributed by atoms with Gasteiger partial charge in [-0.05, 0) is 57.1 Å². The maximum atomic E-state index is 13.7. The van der Waals surface area contributed by atoms with Gasteiger partial charge in [-0.2, -0.15) is 0 Å². The number of aliphatic hydroxyl groups excluding tert-OH is 2. The molecule has 0 spiro atoms. The van der Waals surface area contributed by atoms with Gasteiger partial charge in [-0.15, -0.1) is 6.58 Å². The molecule has 2 saturated heterocycles. The highest BCUT2D eigenvalue weighted by Crippen LogP contribution is 2.45. The Morgan fingerprint density at radius 2 is 1.97 bits per heavy atom. The van der Waals surface area contributed by atoms with E-state index in [1.165, 1.54) is 0 Å². The molecule has 0 bridgehead atoms. The highest BCUT2D eigenvalue weighted by Gasteiger charge is 2.53. The number of nitrogens with zero attached hydrogens (tertiary/aromatic N) is 1. The number of cyclic esters (lactones) is 1. The molecule has 7 atom stereocenters. The number of esters is 1. The van der Waals surface area contributed by atoms with Crippen LogP contribution in [0.1, 0.15) is 91.1 Å². The van der Waals surface area contributed by atoms with Gasteiger partial charge in [0.15, 0.2) is 5.89 Å². The number of aliphatic hydroxyl groups is 2. The SMILES string of the molecule is C=CCC[C@H]1C(=O)C(C)(C)[C@@H](O)CC(=O)O[C@H](C(C)=Cc2coc(C)n2)CC2OC2(C)CCC[C@H](C)[C@H]1O. The van der Waals surface area contributed by atoms with Crippen LogP contribution in [0, 0.1) is 24.2 Å². The molecule has 0 aromatic carbocycles. The highest BCUT2D eigenvalue weighted by molar-refractivity contribution is 5.88. The van der Waals surface area contributed by atoms with E-state index in [2.05, 4.69) is 18.5 Å². The Kier molecular flexibility index (Phi) is 9.76. The molecule has 2 fully saturated rings. The molecular weight excluding hydrogens is 486 g/mol. The second kappa shape index (κ2) is 12.3. The molecule has 2 aliphatic heterocycles. The lowest BCUT2D eigenvalue weighted by Gasteiger charge is -2.36. The average Bonchev–Trinajstić information content (AvgIpc) is 3.29. The van der Waals surface area contributed by atoms with Crippen molar-refractivity contribution >= 4 is 17.8 Å². The summed E-state index contributed by atoms with van der Waals surface area (Å²) < 4.78 is 17.3. The van der Waals surface area contributed by atoms with E-state index < -0.39 is 35.6 Å². The Morgan fingerprint density at radius 3 is 2.61 bits per heavy atom. The van der Waals surface area contributed by atoms with Crippen LogP contribution in [0.2, 0.25) is 0 Å². The second-order valence-electron chi connectivity index (χ2n) is 12.0. The summed E-state index contributed by atoms with van der Waals surface area (Å²) in [4.78, 5) is 31.1. The lowest BCUT2D eigenvalue weighted by molar-refractivity contribution is -0.154. The number of epoxide rings is 1. The van der Waals surface area contributed by atoms with Crippen LogP contribution in [-0.2, 0) is 19.1 Å². The number of carbonyl (C=O) groups excluding carboxylic acids is 2. The molecule has 8 nitrogen and oxygen atoms in total. The van der Waals surface area contributed by atoms with Gasteiger partial charge in [0.25, 0.3) is 0 Å². The number of carbonyl (C=O) groups is 2. The molecule has 38 heavy (non-hydrogen) atoms. The number of hydrogen-bond donors (Lipinski definition) is 2. The minimum Gasteiger partial charge on any atom is -0.458 e. The van der Waals surface area contributed by atoms with Gasteiger partial charge in [0.1, 0.15) is 23.8 Å². The van der Waals surface area contributed by atoms with E-state index >= 15 is 0 Å². The van der Waals surface area contributed by atoms with Crippen molar-refractivity contribution in [2.75, 3.05) is 0 Å². The predicted molar refractivity (Wildman–Crippen MR) is 144 cm³/mol. The predicted octanol–water partition coefficient (Wildman–Crippen LogP) is 4.96. The highest BCUT2D eigenvalue weighted by atomic mass is 16.6. The fourth-order valence-electron chi connectivity index (χ4n) is 5.46. The van der Waals surface area contributed by atoms with Gasteiger partial charge >= 0.3 is 5.97 Å². The third-order valence-electron chi connectivity index (χ3n) is 8.43. The number of aromatic nitrogens is 1. The lowest BCUT2D eigenvalue weighted by atomic mass is 9.71. The van der Waals surface area contributed by atoms with Gasteiger partial charge in [-0.3, -0.25) is 9.59 Å². The summed E-state index contributed by atoms with van der Waals surface area (Å²) in [5.41, 5.74) is -0.167. The Hall–Kier alpha value is -2.29. The molecule has 2 N–H and O–H groups in total. The zero-order valence-electron chi connectivity index (χ0n) is 23.7. The fraction of sp³-hybridized carbons (Fsp3) is 0.700. The third-order valence-corrected chi connectivity index (χ3v) is 8.43. The molecule has 2 aliphatic rings. The Morgan fingerprint density at radius 1 is 1.26 bits per heavy atom. The van der Waals surface area contributed by atoms with Crippen LogP contribution in [0.4, 0.5) is 0 Å². The number of hydrogen-bond acceptors (Lipinski definition) is 8. The Bertz CT molecular complexity index is 1030. The van der Waals surface area contributed by atoms with Crippen LogP contribution < -0.4 is 0 Å². The van der Waals surface area contributed by atoms with Crippen molar-refractivity contribution in [3.63, 3.8) is 0 Å². The summed E-state index contributed by atoms with van der Waals surface area (Å²) in [6.45, 7) is 14.7. The molecule has 1 aromatic heterocycles. The third kappa shape index (κ3) is 7.21. The number of aryl methyl sites for hydroxylation is 1. The number of oxazole rings is 1. The number of Topliss-reactive ketones (excluding diaryl/α,β-unsaturated/α-hetero) is 1. The molecular formula is C30H45NO7. The van der Waals surface area contributed by atoms with Crippen LogP contribution in [0.5, 0.6) is 0 Å². The quantitative estimate of drug-likeness (QED) is 0.311. The number of rotatable bonds is 5. The topological polar surface area (TPSA) is 122 Å². The van der Waals surface area contributed by atoms with Crippen molar-refractivity contribution in [1.82, 2.24) is 4.98 Å². The van der Waals surface area contributed by atoms with Crippen LogP contribution >= 0.6 is 0 Å². The lowest BCUT2D eigenvalue weighted by Crippen LogP contribution is -2.46. The van der Waals surface area contributed by atoms with Crippen molar-refractivity contribution in [2.24, 2.45) is 17.3 Å². The van der Waals surface area contributed by atoms with Gasteiger partial charge in [0.05, 0.1) is 35.7 Å². The van der Waals surface area contributed by atoms with Crippen LogP contribution in [-0.4, -0.2) is 57.0 Å². The van der Waals surface area contributed by atoms with Crippen LogP contribution in [0.25, 0.3) is 6.08 Å². The number of ketones is 1. The van der Waals surface area contributed by atoms with Crippen LogP contribution in [0.15, 0.2) is 28.9 Å². The first-order valence-corrected chi connectivity index (χ1v) is 13.8. The summed E-state index contributed by atoms with van der Waals surface area (Å²) in [5, 5.41) is 22.3.